The Morgan fingerprint density at radius 1 is 1.08 bits per heavy atom. The molecule has 53 heavy (non-hydrogen) atoms. The highest BCUT2D eigenvalue weighted by atomic mass is 35.5. The molecule has 284 valence electrons. The average Bonchev–Trinajstić information content (AvgIpc) is 3.75. The predicted molar refractivity (Wildman–Crippen MR) is 199 cm³/mol. The lowest BCUT2D eigenvalue weighted by Gasteiger charge is -2.58. The van der Waals surface area contributed by atoms with Crippen molar-refractivity contribution in [2.45, 2.75) is 89.3 Å². The second kappa shape index (κ2) is 13.4. The highest BCUT2D eigenvalue weighted by Gasteiger charge is 2.55. The number of aromatic amines is 1. The number of halogens is 2. The molecule has 3 saturated heterocycles. The largest absolute Gasteiger partial charge is 0.480 e. The maximum Gasteiger partial charge on any atom is 0.319 e. The van der Waals surface area contributed by atoms with E-state index in [9.17, 15) is 5.11 Å². The molecule has 6 heterocycles. The Bertz CT molecular complexity index is 2030. The van der Waals surface area contributed by atoms with E-state index in [2.05, 4.69) is 15.1 Å². The highest BCUT2D eigenvalue weighted by Crippen LogP contribution is 2.55. The molecule has 3 aromatic heterocycles. The summed E-state index contributed by atoms with van der Waals surface area (Å²) in [6.45, 7) is 8.03. The number of fused-ring (bicyclic) bond motifs is 3. The molecule has 0 bridgehead atoms. The molecule has 14 heteroatoms. The molecule has 1 spiro atoms. The Morgan fingerprint density at radius 2 is 1.91 bits per heavy atom. The molecule has 0 amide bonds. The van der Waals surface area contributed by atoms with Gasteiger partial charge in [-0.05, 0) is 88.8 Å². The van der Waals surface area contributed by atoms with Crippen LogP contribution in [-0.4, -0.2) is 113 Å². The fourth-order valence-electron chi connectivity index (χ4n) is 10.4. The van der Waals surface area contributed by atoms with Crippen LogP contribution in [0, 0.1) is 23.6 Å². The predicted octanol–water partition coefficient (Wildman–Crippen LogP) is 6.24. The van der Waals surface area contributed by atoms with Crippen molar-refractivity contribution in [2.75, 3.05) is 64.7 Å². The SMILES string of the molecule is COc1nc(-c2c(C)c(Cl)cc3[nH]ncc23)c(F)c2nc(OCC34CCCC3N(C3CC5(CCCOC5)C3)CCC4)nc(N3CCOCC(C)(O)C3)c12. The van der Waals surface area contributed by atoms with Crippen molar-refractivity contribution in [1.29, 1.82) is 0 Å². The maximum atomic E-state index is 17.3. The minimum absolute atomic E-state index is 0.0212. The summed E-state index contributed by atoms with van der Waals surface area (Å²) in [4.78, 5) is 19.2. The third kappa shape index (κ3) is 6.11. The van der Waals surface area contributed by atoms with E-state index in [-0.39, 0.29) is 41.7 Å². The van der Waals surface area contributed by atoms with Gasteiger partial charge in [-0.25, -0.2) is 9.37 Å². The summed E-state index contributed by atoms with van der Waals surface area (Å²) in [6, 6.07) is 2.88. The average molecular weight is 750 g/mol. The van der Waals surface area contributed by atoms with Crippen LogP contribution in [0.2, 0.25) is 5.02 Å². The van der Waals surface area contributed by atoms with Crippen LogP contribution in [-0.2, 0) is 9.47 Å². The van der Waals surface area contributed by atoms with Crippen molar-refractivity contribution in [1.82, 2.24) is 30.0 Å². The number of aromatic nitrogens is 5. The minimum atomic E-state index is -1.18. The topological polar surface area (TPSA) is 131 Å². The highest BCUT2D eigenvalue weighted by molar-refractivity contribution is 6.33. The van der Waals surface area contributed by atoms with Gasteiger partial charge >= 0.3 is 6.01 Å². The lowest BCUT2D eigenvalue weighted by atomic mass is 9.61. The van der Waals surface area contributed by atoms with Crippen LogP contribution in [0.4, 0.5) is 10.2 Å². The molecule has 2 saturated carbocycles. The van der Waals surface area contributed by atoms with Crippen LogP contribution in [0.1, 0.15) is 70.3 Å². The first-order chi connectivity index (χ1) is 25.6. The van der Waals surface area contributed by atoms with Crippen molar-refractivity contribution in [3.63, 3.8) is 0 Å². The number of benzene rings is 1. The van der Waals surface area contributed by atoms with Gasteiger partial charge in [0.25, 0.3) is 0 Å². The second-order valence-corrected chi connectivity index (χ2v) is 17.0. The molecular weight excluding hydrogens is 701 g/mol. The molecule has 3 atom stereocenters. The summed E-state index contributed by atoms with van der Waals surface area (Å²) in [6.07, 6.45) is 12.1. The molecular formula is C39H49ClFN7O5. The minimum Gasteiger partial charge on any atom is -0.480 e. The van der Waals surface area contributed by atoms with Gasteiger partial charge in [0.15, 0.2) is 5.82 Å². The Hall–Kier alpha value is -3.36. The Balaban J connectivity index is 1.11. The van der Waals surface area contributed by atoms with E-state index in [0.717, 1.165) is 51.9 Å². The first-order valence-electron chi connectivity index (χ1n) is 19.2. The number of likely N-dealkylation sites (tertiary alicyclic amines) is 1. The molecule has 1 aromatic carbocycles. The molecule has 4 aromatic rings. The molecule has 0 radical (unpaired) electrons. The van der Waals surface area contributed by atoms with Gasteiger partial charge in [0, 0.05) is 46.6 Å². The molecule has 12 nitrogen and oxygen atoms in total. The Morgan fingerprint density at radius 3 is 2.72 bits per heavy atom. The van der Waals surface area contributed by atoms with Crippen LogP contribution in [0.15, 0.2) is 12.3 Å². The number of hydrogen-bond acceptors (Lipinski definition) is 11. The standard InChI is InChI=1S/C39H49ClFN7O5/c1-23-26(40)15-27-25(18-42-46-27)29(23)32-31(41)33-30(35(43-32)50-3)34(47-12-14-52-20-37(2,49)19-47)45-36(44-33)53-22-39-9-4-7-28(39)48(11-5-10-39)24-16-38(17-24)8-6-13-51-21-38/h15,18,24,28,49H,4-14,16-17,19-22H2,1-3H3,(H,42,46). The van der Waals surface area contributed by atoms with Gasteiger partial charge in [-0.3, -0.25) is 10.00 Å². The zero-order chi connectivity index (χ0) is 36.5. The number of rotatable bonds is 7. The van der Waals surface area contributed by atoms with E-state index in [4.69, 9.17) is 45.5 Å². The van der Waals surface area contributed by atoms with Gasteiger partial charge in [0.1, 0.15) is 28.0 Å². The number of anilines is 1. The Kier molecular flexibility index (Phi) is 8.96. The third-order valence-corrected chi connectivity index (χ3v) is 13.3. The van der Waals surface area contributed by atoms with Crippen molar-refractivity contribution < 1.29 is 28.4 Å². The summed E-state index contributed by atoms with van der Waals surface area (Å²) < 4.78 is 41.5. The summed E-state index contributed by atoms with van der Waals surface area (Å²) >= 11 is 6.65. The van der Waals surface area contributed by atoms with E-state index in [1.54, 1.807) is 19.2 Å². The smallest absolute Gasteiger partial charge is 0.319 e. The van der Waals surface area contributed by atoms with E-state index in [0.29, 0.717) is 75.5 Å². The van der Waals surface area contributed by atoms with Gasteiger partial charge in [0.2, 0.25) is 5.88 Å². The van der Waals surface area contributed by atoms with Crippen LogP contribution >= 0.6 is 11.6 Å². The van der Waals surface area contributed by atoms with Gasteiger partial charge in [-0.15, -0.1) is 0 Å². The van der Waals surface area contributed by atoms with Crippen molar-refractivity contribution in [3.8, 4) is 23.1 Å². The van der Waals surface area contributed by atoms with Gasteiger partial charge in [0.05, 0.1) is 51.8 Å². The molecule has 3 unspecified atom stereocenters. The first kappa shape index (κ1) is 35.3. The fourth-order valence-corrected chi connectivity index (χ4v) is 10.6. The number of methoxy groups -OCH3 is 1. The number of pyridine rings is 1. The first-order valence-corrected chi connectivity index (χ1v) is 19.6. The number of H-pyrrole nitrogens is 1. The van der Waals surface area contributed by atoms with Crippen LogP contribution in [0.3, 0.4) is 0 Å². The number of β-amino-alcohol motifs (C(OH)–C–C–N with tert-alkyl or cyclic N) is 1. The van der Waals surface area contributed by atoms with E-state index in [1.165, 1.54) is 32.8 Å². The normalized spacial score (nSPS) is 30.8. The monoisotopic (exact) mass is 749 g/mol. The summed E-state index contributed by atoms with van der Waals surface area (Å²) in [5.74, 6) is -0.119. The number of aliphatic hydroxyl groups is 1. The zero-order valence-electron chi connectivity index (χ0n) is 30.8. The lowest BCUT2D eigenvalue weighted by molar-refractivity contribution is -0.125. The third-order valence-electron chi connectivity index (χ3n) is 12.9. The zero-order valence-corrected chi connectivity index (χ0v) is 31.6. The number of nitrogens with one attached hydrogen (secondary N) is 1. The summed E-state index contributed by atoms with van der Waals surface area (Å²) in [7, 11) is 1.50. The Labute approximate surface area is 313 Å². The molecule has 5 aliphatic rings. The molecule has 5 fully saturated rings. The molecule has 2 N–H and O–H groups in total. The number of hydrogen-bond donors (Lipinski definition) is 2. The molecule has 3 aliphatic heterocycles. The summed E-state index contributed by atoms with van der Waals surface area (Å²) in [5.41, 5.74) is 1.03. The fraction of sp³-hybridized carbons (Fsp3) is 0.641. The second-order valence-electron chi connectivity index (χ2n) is 16.6. The number of nitrogens with zero attached hydrogens (tertiary/aromatic N) is 6. The lowest BCUT2D eigenvalue weighted by Crippen LogP contribution is -2.61. The summed E-state index contributed by atoms with van der Waals surface area (Å²) in [5, 5.41) is 19.8. The number of piperidine rings is 1. The van der Waals surface area contributed by atoms with Crippen molar-refractivity contribution >= 4 is 39.2 Å². The molecule has 2 aliphatic carbocycles. The van der Waals surface area contributed by atoms with E-state index < -0.39 is 11.4 Å². The number of ether oxygens (including phenoxy) is 4. The van der Waals surface area contributed by atoms with Crippen LogP contribution in [0.5, 0.6) is 11.9 Å². The maximum absolute atomic E-state index is 17.3. The molecule has 9 rings (SSSR count). The van der Waals surface area contributed by atoms with Crippen molar-refractivity contribution in [3.05, 3.63) is 28.7 Å². The van der Waals surface area contributed by atoms with Crippen LogP contribution < -0.4 is 14.4 Å². The van der Waals surface area contributed by atoms with Gasteiger partial charge < -0.3 is 29.0 Å². The quantitative estimate of drug-likeness (QED) is 0.223. The van der Waals surface area contributed by atoms with Gasteiger partial charge in [-0.1, -0.05) is 18.0 Å². The van der Waals surface area contributed by atoms with Crippen LogP contribution in [0.25, 0.3) is 33.1 Å². The van der Waals surface area contributed by atoms with E-state index in [1.807, 2.05) is 11.8 Å². The van der Waals surface area contributed by atoms with Crippen molar-refractivity contribution in [2.24, 2.45) is 10.8 Å². The van der Waals surface area contributed by atoms with Gasteiger partial charge in [-0.2, -0.15) is 15.1 Å². The van der Waals surface area contributed by atoms with E-state index >= 15 is 4.39 Å².